The smallest absolute Gasteiger partial charge is 0.416 e. The molecule has 4 nitrogen and oxygen atoms in total. The molecule has 110 valence electrons. The zero-order chi connectivity index (χ0) is 15.5. The van der Waals surface area contributed by atoms with E-state index in [1.165, 1.54) is 0 Å². The fraction of sp³-hybridized carbons (Fsp3) is 0.143. The van der Waals surface area contributed by atoms with Crippen LogP contribution in [0.3, 0.4) is 0 Å². The molecule has 1 unspecified atom stereocenters. The standard InChI is InChI=1S/C14H11F3N2O2/c15-14(16,17)10-6-7-18-11(8-10)19-12(13(20)21)9-4-2-1-3-5-9/h1-8,12H,(H,18,19)(H,20,21). The summed E-state index contributed by atoms with van der Waals surface area (Å²) in [6.45, 7) is 0. The number of alkyl halides is 3. The number of carboxylic acid groups (broad SMARTS) is 1. The van der Waals surface area contributed by atoms with Gasteiger partial charge in [-0.15, -0.1) is 0 Å². The molecule has 2 aromatic rings. The minimum Gasteiger partial charge on any atom is -0.479 e. The van der Waals surface area contributed by atoms with Gasteiger partial charge < -0.3 is 10.4 Å². The largest absolute Gasteiger partial charge is 0.479 e. The van der Waals surface area contributed by atoms with Crippen molar-refractivity contribution in [3.63, 3.8) is 0 Å². The zero-order valence-electron chi connectivity index (χ0n) is 10.6. The molecule has 0 aliphatic rings. The molecule has 2 N–H and O–H groups in total. The molecule has 1 heterocycles. The Bertz CT molecular complexity index is 630. The summed E-state index contributed by atoms with van der Waals surface area (Å²) in [6.07, 6.45) is -3.53. The molecule has 0 fully saturated rings. The first-order chi connectivity index (χ1) is 9.88. The van der Waals surface area contributed by atoms with E-state index in [2.05, 4.69) is 10.3 Å². The third-order valence-corrected chi connectivity index (χ3v) is 2.76. The first-order valence-electron chi connectivity index (χ1n) is 5.95. The highest BCUT2D eigenvalue weighted by Gasteiger charge is 2.31. The first kappa shape index (κ1) is 14.8. The number of carbonyl (C=O) groups is 1. The Kier molecular flexibility index (Phi) is 4.11. The summed E-state index contributed by atoms with van der Waals surface area (Å²) in [5.41, 5.74) is -0.471. The average Bonchev–Trinajstić information content (AvgIpc) is 2.45. The van der Waals surface area contributed by atoms with Gasteiger partial charge >= 0.3 is 12.1 Å². The van der Waals surface area contributed by atoms with Crippen LogP contribution in [0, 0.1) is 0 Å². The van der Waals surface area contributed by atoms with Crippen LogP contribution in [0.4, 0.5) is 19.0 Å². The molecule has 0 radical (unpaired) electrons. The summed E-state index contributed by atoms with van der Waals surface area (Å²) < 4.78 is 37.8. The van der Waals surface area contributed by atoms with Crippen molar-refractivity contribution in [3.8, 4) is 0 Å². The number of benzene rings is 1. The van der Waals surface area contributed by atoms with Gasteiger partial charge in [-0.2, -0.15) is 13.2 Å². The maximum atomic E-state index is 12.6. The van der Waals surface area contributed by atoms with Crippen LogP contribution in [0.2, 0.25) is 0 Å². The molecule has 1 aromatic carbocycles. The van der Waals surface area contributed by atoms with Gasteiger partial charge in [-0.1, -0.05) is 30.3 Å². The van der Waals surface area contributed by atoms with Gasteiger partial charge in [0.2, 0.25) is 0 Å². The van der Waals surface area contributed by atoms with Crippen LogP contribution in [-0.2, 0) is 11.0 Å². The van der Waals surface area contributed by atoms with Gasteiger partial charge in [0.25, 0.3) is 0 Å². The second-order valence-corrected chi connectivity index (χ2v) is 4.25. The number of hydrogen-bond acceptors (Lipinski definition) is 3. The van der Waals surface area contributed by atoms with Crippen LogP contribution in [0.1, 0.15) is 17.2 Å². The zero-order valence-corrected chi connectivity index (χ0v) is 10.6. The van der Waals surface area contributed by atoms with Crippen LogP contribution in [0.5, 0.6) is 0 Å². The van der Waals surface area contributed by atoms with E-state index in [9.17, 15) is 23.1 Å². The van der Waals surface area contributed by atoms with Gasteiger partial charge in [-0.05, 0) is 17.7 Å². The van der Waals surface area contributed by atoms with Crippen molar-refractivity contribution in [1.82, 2.24) is 4.98 Å². The van der Waals surface area contributed by atoms with Crippen molar-refractivity contribution < 1.29 is 23.1 Å². The molecule has 21 heavy (non-hydrogen) atoms. The lowest BCUT2D eigenvalue weighted by molar-refractivity contribution is -0.138. The predicted molar refractivity (Wildman–Crippen MR) is 69.7 cm³/mol. The molecule has 2 rings (SSSR count). The topological polar surface area (TPSA) is 62.2 Å². The Labute approximate surface area is 118 Å². The summed E-state index contributed by atoms with van der Waals surface area (Å²) in [5, 5.41) is 11.7. The Morgan fingerprint density at radius 1 is 1.19 bits per heavy atom. The van der Waals surface area contributed by atoms with Crippen LogP contribution >= 0.6 is 0 Å². The highest BCUT2D eigenvalue weighted by molar-refractivity contribution is 5.78. The minimum absolute atomic E-state index is 0.152. The SMILES string of the molecule is O=C(O)C(Nc1cc(C(F)(F)F)ccn1)c1ccccc1. The number of carboxylic acids is 1. The number of nitrogens with zero attached hydrogens (tertiary/aromatic N) is 1. The van der Waals surface area contributed by atoms with E-state index in [1.807, 2.05) is 0 Å². The summed E-state index contributed by atoms with van der Waals surface area (Å²) in [7, 11) is 0. The molecule has 0 spiro atoms. The maximum Gasteiger partial charge on any atom is 0.416 e. The molecule has 0 amide bonds. The van der Waals surface area contributed by atoms with E-state index >= 15 is 0 Å². The number of aliphatic carboxylic acids is 1. The fourth-order valence-electron chi connectivity index (χ4n) is 1.77. The minimum atomic E-state index is -4.51. The number of hydrogen-bond donors (Lipinski definition) is 2. The highest BCUT2D eigenvalue weighted by atomic mass is 19.4. The van der Waals surface area contributed by atoms with Gasteiger partial charge in [-0.3, -0.25) is 0 Å². The third kappa shape index (κ3) is 3.71. The lowest BCUT2D eigenvalue weighted by Crippen LogP contribution is -2.21. The quantitative estimate of drug-likeness (QED) is 0.908. The van der Waals surface area contributed by atoms with Crippen molar-refractivity contribution in [1.29, 1.82) is 0 Å². The number of rotatable bonds is 4. The summed E-state index contributed by atoms with van der Waals surface area (Å²) >= 11 is 0. The van der Waals surface area contributed by atoms with E-state index in [4.69, 9.17) is 0 Å². The third-order valence-electron chi connectivity index (χ3n) is 2.76. The van der Waals surface area contributed by atoms with Crippen LogP contribution in [-0.4, -0.2) is 16.1 Å². The molecule has 1 aromatic heterocycles. The van der Waals surface area contributed by atoms with E-state index in [0.717, 1.165) is 18.3 Å². The maximum absolute atomic E-state index is 12.6. The summed E-state index contributed by atoms with van der Waals surface area (Å²) in [5.74, 6) is -1.36. The number of halogens is 3. The Morgan fingerprint density at radius 3 is 2.43 bits per heavy atom. The highest BCUT2D eigenvalue weighted by Crippen LogP contribution is 2.30. The molecule has 0 aliphatic heterocycles. The Hall–Kier alpha value is -2.57. The Balaban J connectivity index is 2.28. The van der Waals surface area contributed by atoms with Gasteiger partial charge in [0.15, 0.2) is 6.04 Å². The monoisotopic (exact) mass is 296 g/mol. The number of pyridine rings is 1. The summed E-state index contributed by atoms with van der Waals surface area (Å²) in [4.78, 5) is 15.0. The van der Waals surface area contributed by atoms with Crippen molar-refractivity contribution in [2.45, 2.75) is 12.2 Å². The van der Waals surface area contributed by atoms with Gasteiger partial charge in [0.1, 0.15) is 5.82 Å². The predicted octanol–water partition coefficient (Wildman–Crippen LogP) is 3.34. The van der Waals surface area contributed by atoms with Crippen molar-refractivity contribution in [2.24, 2.45) is 0 Å². The first-order valence-corrected chi connectivity index (χ1v) is 5.95. The van der Waals surface area contributed by atoms with Gasteiger partial charge in [0, 0.05) is 6.20 Å². The number of anilines is 1. The molecular weight excluding hydrogens is 285 g/mol. The lowest BCUT2D eigenvalue weighted by atomic mass is 10.1. The van der Waals surface area contributed by atoms with Crippen molar-refractivity contribution in [3.05, 3.63) is 59.8 Å². The molecule has 0 aliphatic carbocycles. The number of nitrogens with one attached hydrogen (secondary N) is 1. The van der Waals surface area contributed by atoms with Crippen molar-refractivity contribution in [2.75, 3.05) is 5.32 Å². The number of aromatic nitrogens is 1. The molecular formula is C14H11F3N2O2. The second-order valence-electron chi connectivity index (χ2n) is 4.25. The molecule has 0 saturated carbocycles. The average molecular weight is 296 g/mol. The molecule has 7 heteroatoms. The van der Waals surface area contributed by atoms with E-state index in [0.29, 0.717) is 5.56 Å². The van der Waals surface area contributed by atoms with Gasteiger partial charge in [-0.25, -0.2) is 9.78 Å². The van der Waals surface area contributed by atoms with Crippen LogP contribution in [0.25, 0.3) is 0 Å². The van der Waals surface area contributed by atoms with E-state index in [1.54, 1.807) is 30.3 Å². The van der Waals surface area contributed by atoms with Crippen molar-refractivity contribution >= 4 is 11.8 Å². The second kappa shape index (κ2) is 5.82. The Morgan fingerprint density at radius 2 is 1.86 bits per heavy atom. The molecule has 0 saturated heterocycles. The molecule has 0 bridgehead atoms. The molecule has 1 atom stereocenters. The van der Waals surface area contributed by atoms with E-state index < -0.39 is 23.8 Å². The normalized spacial score (nSPS) is 12.7. The van der Waals surface area contributed by atoms with Crippen LogP contribution < -0.4 is 5.32 Å². The lowest BCUT2D eigenvalue weighted by Gasteiger charge is -2.16. The van der Waals surface area contributed by atoms with E-state index in [-0.39, 0.29) is 5.82 Å². The fourth-order valence-corrected chi connectivity index (χ4v) is 1.77. The van der Waals surface area contributed by atoms with Gasteiger partial charge in [0.05, 0.1) is 5.56 Å². The van der Waals surface area contributed by atoms with Crippen LogP contribution in [0.15, 0.2) is 48.7 Å². The summed E-state index contributed by atoms with van der Waals surface area (Å²) in [6, 6.07) is 8.56.